The van der Waals surface area contributed by atoms with E-state index in [0.29, 0.717) is 22.5 Å². The molecular weight excluding hydrogens is 402 g/mol. The monoisotopic (exact) mass is 419 g/mol. The highest BCUT2D eigenvalue weighted by molar-refractivity contribution is 7.18. The van der Waals surface area contributed by atoms with Gasteiger partial charge in [0.15, 0.2) is 0 Å². The molecule has 4 aromatic rings. The highest BCUT2D eigenvalue weighted by Crippen LogP contribution is 2.33. The molecule has 30 heavy (non-hydrogen) atoms. The Balaban J connectivity index is 1.46. The van der Waals surface area contributed by atoms with Gasteiger partial charge in [-0.05, 0) is 55.5 Å². The first kappa shape index (κ1) is 18.5. The molecule has 0 bridgehead atoms. The number of thiophene rings is 1. The molecule has 1 aliphatic carbocycles. The number of carboxylic acids is 1. The number of aromatic nitrogens is 2. The van der Waals surface area contributed by atoms with E-state index in [0.717, 1.165) is 36.1 Å². The van der Waals surface area contributed by atoms with Crippen molar-refractivity contribution in [2.45, 2.75) is 25.7 Å². The predicted octanol–water partition coefficient (Wildman–Crippen LogP) is 4.18. The number of fused-ring (bicyclic) bond motifs is 3. The molecule has 0 aliphatic heterocycles. The van der Waals surface area contributed by atoms with Gasteiger partial charge in [0.05, 0.1) is 17.2 Å². The van der Waals surface area contributed by atoms with Gasteiger partial charge in [0.1, 0.15) is 22.7 Å². The first-order valence-corrected chi connectivity index (χ1v) is 10.4. The van der Waals surface area contributed by atoms with Crippen LogP contribution in [-0.4, -0.2) is 27.0 Å². The zero-order chi connectivity index (χ0) is 20.7. The van der Waals surface area contributed by atoms with E-state index in [9.17, 15) is 9.59 Å². The minimum Gasteiger partial charge on any atom is -0.478 e. The first-order valence-electron chi connectivity index (χ1n) is 9.60. The normalized spacial score (nSPS) is 13.7. The average Bonchev–Trinajstić information content (AvgIpc) is 3.38. The highest BCUT2D eigenvalue weighted by Gasteiger charge is 2.19. The third kappa shape index (κ3) is 3.25. The number of carboxylic acid groups (broad SMARTS) is 1. The predicted molar refractivity (Wildman–Crippen MR) is 115 cm³/mol. The molecule has 5 rings (SSSR count). The van der Waals surface area contributed by atoms with Crippen molar-refractivity contribution in [3.8, 4) is 11.3 Å². The molecule has 0 spiro atoms. The van der Waals surface area contributed by atoms with Crippen LogP contribution in [0, 0.1) is 0 Å². The molecule has 1 aliphatic rings. The third-order valence-corrected chi connectivity index (χ3v) is 6.39. The first-order chi connectivity index (χ1) is 14.6. The van der Waals surface area contributed by atoms with Crippen molar-refractivity contribution in [2.24, 2.45) is 5.10 Å². The molecule has 1 aromatic carbocycles. The molecule has 0 radical (unpaired) electrons. The quantitative estimate of drug-likeness (QED) is 0.501. The van der Waals surface area contributed by atoms with Crippen LogP contribution >= 0.6 is 11.3 Å². The van der Waals surface area contributed by atoms with E-state index < -0.39 is 5.97 Å². The summed E-state index contributed by atoms with van der Waals surface area (Å²) in [6.45, 7) is 0. The Morgan fingerprint density at radius 1 is 1.23 bits per heavy atom. The molecule has 1 N–H and O–H groups in total. The molecule has 0 amide bonds. The Kier molecular flexibility index (Phi) is 4.55. The lowest BCUT2D eigenvalue weighted by molar-refractivity contribution is 0.0697. The second-order valence-corrected chi connectivity index (χ2v) is 8.20. The summed E-state index contributed by atoms with van der Waals surface area (Å²) in [5, 5.41) is 14.1. The number of hydrogen-bond donors (Lipinski definition) is 1. The van der Waals surface area contributed by atoms with Crippen molar-refractivity contribution in [1.82, 2.24) is 9.66 Å². The fourth-order valence-electron chi connectivity index (χ4n) is 3.72. The van der Waals surface area contributed by atoms with Crippen LogP contribution in [0.2, 0.25) is 0 Å². The molecule has 0 saturated heterocycles. The minimum atomic E-state index is -0.997. The van der Waals surface area contributed by atoms with Crippen LogP contribution in [0.5, 0.6) is 0 Å². The van der Waals surface area contributed by atoms with Crippen LogP contribution in [0.25, 0.3) is 21.5 Å². The summed E-state index contributed by atoms with van der Waals surface area (Å²) in [4.78, 5) is 30.6. The van der Waals surface area contributed by atoms with Crippen LogP contribution in [-0.2, 0) is 12.8 Å². The van der Waals surface area contributed by atoms with Gasteiger partial charge in [-0.15, -0.1) is 11.3 Å². The highest BCUT2D eigenvalue weighted by atomic mass is 32.1. The number of rotatable bonds is 4. The topological polar surface area (TPSA) is 97.7 Å². The van der Waals surface area contributed by atoms with E-state index in [2.05, 4.69) is 10.1 Å². The van der Waals surface area contributed by atoms with Crippen LogP contribution in [0.1, 0.15) is 39.4 Å². The number of furan rings is 1. The summed E-state index contributed by atoms with van der Waals surface area (Å²) in [6.07, 6.45) is 7.06. The van der Waals surface area contributed by atoms with Crippen molar-refractivity contribution in [2.75, 3.05) is 0 Å². The zero-order valence-corrected chi connectivity index (χ0v) is 16.7. The second kappa shape index (κ2) is 7.38. The molecule has 0 saturated carbocycles. The van der Waals surface area contributed by atoms with Gasteiger partial charge in [0.2, 0.25) is 0 Å². The molecular formula is C22H17N3O4S. The van der Waals surface area contributed by atoms with Gasteiger partial charge >= 0.3 is 5.97 Å². The number of benzene rings is 1. The van der Waals surface area contributed by atoms with Gasteiger partial charge in [-0.3, -0.25) is 4.79 Å². The van der Waals surface area contributed by atoms with Crippen molar-refractivity contribution < 1.29 is 14.3 Å². The largest absolute Gasteiger partial charge is 0.478 e. The summed E-state index contributed by atoms with van der Waals surface area (Å²) in [6, 6.07) is 9.96. The summed E-state index contributed by atoms with van der Waals surface area (Å²) >= 11 is 1.60. The zero-order valence-electron chi connectivity index (χ0n) is 15.9. The van der Waals surface area contributed by atoms with E-state index in [1.165, 1.54) is 28.2 Å². The average molecular weight is 419 g/mol. The number of hydrogen-bond acceptors (Lipinski definition) is 6. The maximum Gasteiger partial charge on any atom is 0.335 e. The van der Waals surface area contributed by atoms with Gasteiger partial charge < -0.3 is 9.52 Å². The molecule has 7 nitrogen and oxygen atoms in total. The van der Waals surface area contributed by atoms with Gasteiger partial charge in [-0.25, -0.2) is 9.78 Å². The third-order valence-electron chi connectivity index (χ3n) is 5.19. The lowest BCUT2D eigenvalue weighted by Crippen LogP contribution is -2.17. The van der Waals surface area contributed by atoms with Gasteiger partial charge in [-0.2, -0.15) is 9.78 Å². The van der Waals surface area contributed by atoms with Crippen molar-refractivity contribution in [1.29, 1.82) is 0 Å². The Labute approximate surface area is 174 Å². The lowest BCUT2D eigenvalue weighted by atomic mass is 9.97. The number of aromatic carboxylic acids is 1. The maximum absolute atomic E-state index is 12.9. The number of nitrogens with zero attached hydrogens (tertiary/aromatic N) is 3. The molecule has 3 heterocycles. The molecule has 3 aromatic heterocycles. The summed E-state index contributed by atoms with van der Waals surface area (Å²) in [5.41, 5.74) is 1.79. The number of aryl methyl sites for hydroxylation is 2. The van der Waals surface area contributed by atoms with Crippen LogP contribution in [0.15, 0.2) is 57.0 Å². The van der Waals surface area contributed by atoms with Gasteiger partial charge in [0, 0.05) is 10.4 Å². The van der Waals surface area contributed by atoms with Crippen LogP contribution in [0.4, 0.5) is 0 Å². The number of carbonyl (C=O) groups is 1. The van der Waals surface area contributed by atoms with Gasteiger partial charge in [0.25, 0.3) is 5.56 Å². The summed E-state index contributed by atoms with van der Waals surface area (Å²) < 4.78 is 6.99. The van der Waals surface area contributed by atoms with E-state index >= 15 is 0 Å². The Morgan fingerprint density at radius 3 is 2.97 bits per heavy atom. The smallest absolute Gasteiger partial charge is 0.335 e. The molecule has 0 fully saturated rings. The van der Waals surface area contributed by atoms with Crippen LogP contribution < -0.4 is 5.56 Å². The Hall–Kier alpha value is -3.52. The Bertz CT molecular complexity index is 1360. The van der Waals surface area contributed by atoms with Crippen molar-refractivity contribution >= 4 is 33.7 Å². The van der Waals surface area contributed by atoms with E-state index in [4.69, 9.17) is 9.52 Å². The standard InChI is InChI=1S/C22H17N3O4S/c26-21-19-16-6-1-2-7-18(16)30-20(19)23-12-25(21)24-11-15-8-9-17(29-15)13-4-3-5-14(10-13)22(27)28/h3-5,8-12H,1-2,6-7H2,(H,27,28)/b24-11-. The fourth-order valence-corrected chi connectivity index (χ4v) is 4.94. The minimum absolute atomic E-state index is 0.170. The summed E-state index contributed by atoms with van der Waals surface area (Å²) in [5.74, 6) is -0.0273. The van der Waals surface area contributed by atoms with Crippen LogP contribution in [0.3, 0.4) is 0 Å². The fraction of sp³-hybridized carbons (Fsp3) is 0.182. The van der Waals surface area contributed by atoms with E-state index in [1.54, 1.807) is 41.7 Å². The molecule has 0 unspecified atom stereocenters. The lowest BCUT2D eigenvalue weighted by Gasteiger charge is -2.09. The SMILES string of the molecule is O=C(O)c1cccc(-c2ccc(/C=N\n3cnc4sc5c(c4c3=O)CCCC5)o2)c1. The van der Waals surface area contributed by atoms with E-state index in [-0.39, 0.29) is 11.1 Å². The molecule has 8 heteroatoms. The Morgan fingerprint density at radius 2 is 2.10 bits per heavy atom. The van der Waals surface area contributed by atoms with E-state index in [1.807, 2.05) is 0 Å². The van der Waals surface area contributed by atoms with Crippen molar-refractivity contribution in [3.63, 3.8) is 0 Å². The van der Waals surface area contributed by atoms with Crippen molar-refractivity contribution in [3.05, 3.63) is 74.8 Å². The second-order valence-electron chi connectivity index (χ2n) is 7.12. The summed E-state index contributed by atoms with van der Waals surface area (Å²) in [7, 11) is 0. The molecule has 0 atom stereocenters. The molecule has 150 valence electrons. The van der Waals surface area contributed by atoms with Gasteiger partial charge in [-0.1, -0.05) is 12.1 Å². The maximum atomic E-state index is 12.9.